The van der Waals surface area contributed by atoms with E-state index in [-0.39, 0.29) is 18.3 Å². The molecule has 0 spiro atoms. The van der Waals surface area contributed by atoms with Crippen molar-refractivity contribution in [2.75, 3.05) is 44.6 Å². The highest BCUT2D eigenvalue weighted by Gasteiger charge is 2.33. The van der Waals surface area contributed by atoms with Crippen LogP contribution >= 0.6 is 11.6 Å². The highest BCUT2D eigenvalue weighted by Crippen LogP contribution is 2.36. The number of alkyl halides is 3. The number of amides is 3. The predicted molar refractivity (Wildman–Crippen MR) is 99.2 cm³/mol. The zero-order valence-electron chi connectivity index (χ0n) is 15.2. The summed E-state index contributed by atoms with van der Waals surface area (Å²) in [5.74, 6) is 0.196. The van der Waals surface area contributed by atoms with Gasteiger partial charge in [0.1, 0.15) is 0 Å². The van der Waals surface area contributed by atoms with Crippen LogP contribution in [0.1, 0.15) is 18.4 Å². The van der Waals surface area contributed by atoms with Gasteiger partial charge < -0.3 is 15.5 Å². The Morgan fingerprint density at radius 3 is 2.43 bits per heavy atom. The molecule has 1 aromatic rings. The van der Waals surface area contributed by atoms with Crippen LogP contribution in [-0.4, -0.2) is 61.0 Å². The normalized spacial score (nSPS) is 18.1. The molecule has 10 heteroatoms. The van der Waals surface area contributed by atoms with Gasteiger partial charge in [0.2, 0.25) is 5.91 Å². The summed E-state index contributed by atoms with van der Waals surface area (Å²) >= 11 is 5.58. The molecule has 3 amide bonds. The number of urea groups is 1. The van der Waals surface area contributed by atoms with Crippen LogP contribution in [0.5, 0.6) is 0 Å². The molecule has 1 saturated heterocycles. The minimum absolute atomic E-state index is 0.0415. The first-order valence-corrected chi connectivity index (χ1v) is 9.52. The lowest BCUT2D eigenvalue weighted by atomic mass is 10.2. The number of anilines is 1. The summed E-state index contributed by atoms with van der Waals surface area (Å²) in [6.45, 7) is 2.81. The molecule has 2 N–H and O–H groups in total. The Balaban J connectivity index is 1.45. The van der Waals surface area contributed by atoms with Gasteiger partial charge in [-0.05, 0) is 37.0 Å². The van der Waals surface area contributed by atoms with Crippen molar-refractivity contribution in [3.8, 4) is 0 Å². The van der Waals surface area contributed by atoms with E-state index in [9.17, 15) is 22.8 Å². The van der Waals surface area contributed by atoms with Crippen molar-refractivity contribution in [2.45, 2.75) is 19.0 Å². The maximum absolute atomic E-state index is 12.9. The third-order valence-corrected chi connectivity index (χ3v) is 5.15. The third-order valence-electron chi connectivity index (χ3n) is 4.82. The van der Waals surface area contributed by atoms with Crippen LogP contribution in [0.4, 0.5) is 23.7 Å². The second-order valence-electron chi connectivity index (χ2n) is 7.13. The predicted octanol–water partition coefficient (Wildman–Crippen LogP) is 3.03. The van der Waals surface area contributed by atoms with Gasteiger partial charge in [-0.25, -0.2) is 4.79 Å². The lowest BCUT2D eigenvalue weighted by molar-refractivity contribution is -0.137. The number of benzene rings is 1. The molecule has 1 heterocycles. The highest BCUT2D eigenvalue weighted by atomic mass is 35.5. The smallest absolute Gasteiger partial charge is 0.338 e. The Kier molecular flexibility index (Phi) is 6.34. The fraction of sp³-hybridized carbons (Fsp3) is 0.556. The fourth-order valence-corrected chi connectivity index (χ4v) is 3.22. The SMILES string of the molecule is O=C(CN1CCN(C(=O)NCC2CC2)CC1)Nc1ccc(Cl)c(C(F)(F)F)c1. The van der Waals surface area contributed by atoms with Crippen LogP contribution in [0.25, 0.3) is 0 Å². The van der Waals surface area contributed by atoms with E-state index in [1.165, 1.54) is 18.9 Å². The van der Waals surface area contributed by atoms with Crippen molar-refractivity contribution in [1.29, 1.82) is 0 Å². The van der Waals surface area contributed by atoms with E-state index in [0.717, 1.165) is 12.1 Å². The van der Waals surface area contributed by atoms with Crippen molar-refractivity contribution in [1.82, 2.24) is 15.1 Å². The van der Waals surface area contributed by atoms with Gasteiger partial charge in [-0.3, -0.25) is 9.69 Å². The lowest BCUT2D eigenvalue weighted by Crippen LogP contribution is -2.53. The number of carbonyl (C=O) groups excluding carboxylic acids is 2. The number of rotatable bonds is 5. The quantitative estimate of drug-likeness (QED) is 0.772. The lowest BCUT2D eigenvalue weighted by Gasteiger charge is -2.34. The summed E-state index contributed by atoms with van der Waals surface area (Å²) in [5.41, 5.74) is -0.947. The number of piperazine rings is 1. The third kappa shape index (κ3) is 5.75. The molecular formula is C18H22ClF3N4O2. The molecule has 154 valence electrons. The zero-order valence-corrected chi connectivity index (χ0v) is 15.9. The maximum atomic E-state index is 12.9. The number of halogens is 4. The first kappa shape index (κ1) is 20.7. The molecule has 1 saturated carbocycles. The monoisotopic (exact) mass is 418 g/mol. The summed E-state index contributed by atoms with van der Waals surface area (Å²) < 4.78 is 38.7. The molecule has 6 nitrogen and oxygen atoms in total. The van der Waals surface area contributed by atoms with Gasteiger partial charge in [-0.2, -0.15) is 13.2 Å². The molecule has 0 bridgehead atoms. The molecule has 28 heavy (non-hydrogen) atoms. The van der Waals surface area contributed by atoms with Crippen molar-refractivity contribution < 1.29 is 22.8 Å². The topological polar surface area (TPSA) is 64.7 Å². The summed E-state index contributed by atoms with van der Waals surface area (Å²) in [6.07, 6.45) is -2.25. The van der Waals surface area contributed by atoms with Gasteiger partial charge in [0.05, 0.1) is 17.1 Å². The maximum Gasteiger partial charge on any atom is 0.417 e. The summed E-state index contributed by atoms with van der Waals surface area (Å²) in [4.78, 5) is 27.8. The summed E-state index contributed by atoms with van der Waals surface area (Å²) in [5, 5.41) is 4.97. The Labute approximate surface area is 166 Å². The Morgan fingerprint density at radius 2 is 1.82 bits per heavy atom. The van der Waals surface area contributed by atoms with Crippen LogP contribution in [0, 0.1) is 5.92 Å². The molecule has 1 aromatic carbocycles. The molecule has 2 fully saturated rings. The van der Waals surface area contributed by atoms with Crippen molar-refractivity contribution in [3.63, 3.8) is 0 Å². The molecular weight excluding hydrogens is 397 g/mol. The average molecular weight is 419 g/mol. The van der Waals surface area contributed by atoms with E-state index in [1.807, 2.05) is 4.90 Å². The number of hydrogen-bond acceptors (Lipinski definition) is 3. The van der Waals surface area contributed by atoms with E-state index in [4.69, 9.17) is 11.6 Å². The van der Waals surface area contributed by atoms with Crippen LogP contribution in [0.15, 0.2) is 18.2 Å². The van der Waals surface area contributed by atoms with Crippen molar-refractivity contribution in [3.05, 3.63) is 28.8 Å². The largest absolute Gasteiger partial charge is 0.417 e. The van der Waals surface area contributed by atoms with Crippen molar-refractivity contribution >= 4 is 29.2 Å². The molecule has 1 aliphatic carbocycles. The molecule has 0 atom stereocenters. The minimum atomic E-state index is -4.59. The number of nitrogens with zero attached hydrogens (tertiary/aromatic N) is 2. The van der Waals surface area contributed by atoms with Crippen LogP contribution in [0.3, 0.4) is 0 Å². The van der Waals surface area contributed by atoms with E-state index in [1.54, 1.807) is 4.90 Å². The fourth-order valence-electron chi connectivity index (χ4n) is 3.00. The number of nitrogens with one attached hydrogen (secondary N) is 2. The number of hydrogen-bond donors (Lipinski definition) is 2. The zero-order chi connectivity index (χ0) is 20.3. The first-order valence-electron chi connectivity index (χ1n) is 9.14. The molecule has 1 aliphatic heterocycles. The van der Waals surface area contributed by atoms with Gasteiger partial charge in [0, 0.05) is 38.4 Å². The van der Waals surface area contributed by atoms with Crippen LogP contribution in [-0.2, 0) is 11.0 Å². The van der Waals surface area contributed by atoms with Crippen LogP contribution < -0.4 is 10.6 Å². The van der Waals surface area contributed by atoms with E-state index in [2.05, 4.69) is 10.6 Å². The van der Waals surface area contributed by atoms with E-state index in [0.29, 0.717) is 38.6 Å². The van der Waals surface area contributed by atoms with Gasteiger partial charge >= 0.3 is 12.2 Å². The number of carbonyl (C=O) groups is 2. The molecule has 3 rings (SSSR count). The Bertz CT molecular complexity index is 732. The molecule has 2 aliphatic rings. The first-order chi connectivity index (χ1) is 13.2. The van der Waals surface area contributed by atoms with Crippen molar-refractivity contribution in [2.24, 2.45) is 5.92 Å². The van der Waals surface area contributed by atoms with Gasteiger partial charge in [0.15, 0.2) is 0 Å². The van der Waals surface area contributed by atoms with E-state index < -0.39 is 22.7 Å². The van der Waals surface area contributed by atoms with Gasteiger partial charge in [0.25, 0.3) is 0 Å². The Morgan fingerprint density at radius 1 is 1.14 bits per heavy atom. The van der Waals surface area contributed by atoms with Gasteiger partial charge in [-0.15, -0.1) is 0 Å². The molecule has 0 radical (unpaired) electrons. The van der Waals surface area contributed by atoms with Crippen LogP contribution in [0.2, 0.25) is 5.02 Å². The second-order valence-corrected chi connectivity index (χ2v) is 7.54. The average Bonchev–Trinajstić information content (AvgIpc) is 3.45. The van der Waals surface area contributed by atoms with E-state index >= 15 is 0 Å². The minimum Gasteiger partial charge on any atom is -0.338 e. The standard InChI is InChI=1S/C18H22ClF3N4O2/c19-15-4-3-13(9-14(15)18(20,21)22)24-16(27)11-25-5-7-26(8-6-25)17(28)23-10-12-1-2-12/h3-4,9,12H,1-2,5-8,10-11H2,(H,23,28)(H,24,27). The Hall–Kier alpha value is -2.00. The molecule has 0 aromatic heterocycles. The highest BCUT2D eigenvalue weighted by molar-refractivity contribution is 6.31. The second kappa shape index (κ2) is 8.57. The van der Waals surface area contributed by atoms with Gasteiger partial charge in [-0.1, -0.05) is 11.6 Å². The summed E-state index contributed by atoms with van der Waals surface area (Å²) in [6, 6.07) is 3.18. The summed E-state index contributed by atoms with van der Waals surface area (Å²) in [7, 11) is 0. The molecule has 0 unspecified atom stereocenters.